The summed E-state index contributed by atoms with van der Waals surface area (Å²) in [5, 5.41) is 8.68. The van der Waals surface area contributed by atoms with E-state index in [2.05, 4.69) is 4.74 Å². The lowest BCUT2D eigenvalue weighted by atomic mass is 10.2. The van der Waals surface area contributed by atoms with Crippen LogP contribution in [0.15, 0.2) is 0 Å². The third-order valence-corrected chi connectivity index (χ3v) is 1.36. The summed E-state index contributed by atoms with van der Waals surface area (Å²) in [5.41, 5.74) is -0.698. The number of carbonyl (C=O) groups is 3. The molecule has 0 aromatic heterocycles. The Hall–Kier alpha value is -1.59. The SMILES string of the molecule is CC(=O)O[C@H](CC(=O)OC(C)(C)C)C(=O)O. The van der Waals surface area contributed by atoms with E-state index in [0.29, 0.717) is 0 Å². The molecular formula is C10H16O6. The fourth-order valence-electron chi connectivity index (χ4n) is 0.914. The van der Waals surface area contributed by atoms with Crippen LogP contribution >= 0.6 is 0 Å². The second kappa shape index (κ2) is 5.48. The van der Waals surface area contributed by atoms with E-state index in [1.165, 1.54) is 0 Å². The van der Waals surface area contributed by atoms with Gasteiger partial charge in [0.25, 0.3) is 0 Å². The fourth-order valence-corrected chi connectivity index (χ4v) is 0.914. The Labute approximate surface area is 93.5 Å². The lowest BCUT2D eigenvalue weighted by Gasteiger charge is -2.20. The zero-order chi connectivity index (χ0) is 12.9. The summed E-state index contributed by atoms with van der Waals surface area (Å²) in [6, 6.07) is 0. The van der Waals surface area contributed by atoms with Gasteiger partial charge >= 0.3 is 17.9 Å². The van der Waals surface area contributed by atoms with Gasteiger partial charge in [-0.2, -0.15) is 0 Å². The molecule has 0 amide bonds. The number of carboxylic acids is 1. The van der Waals surface area contributed by atoms with E-state index in [4.69, 9.17) is 9.84 Å². The summed E-state index contributed by atoms with van der Waals surface area (Å²) in [6.07, 6.45) is -1.99. The number of carbonyl (C=O) groups excluding carboxylic acids is 2. The molecule has 0 fully saturated rings. The first-order valence-corrected chi connectivity index (χ1v) is 4.73. The van der Waals surface area contributed by atoms with Crippen molar-refractivity contribution in [2.75, 3.05) is 0 Å². The number of aliphatic carboxylic acids is 1. The molecule has 0 aliphatic carbocycles. The molecule has 0 unspecified atom stereocenters. The van der Waals surface area contributed by atoms with Crippen molar-refractivity contribution in [2.24, 2.45) is 0 Å². The summed E-state index contributed by atoms with van der Waals surface area (Å²) >= 11 is 0. The molecule has 0 saturated carbocycles. The third kappa shape index (κ3) is 6.80. The van der Waals surface area contributed by atoms with Crippen LogP contribution in [0.1, 0.15) is 34.1 Å². The monoisotopic (exact) mass is 232 g/mol. The van der Waals surface area contributed by atoms with E-state index >= 15 is 0 Å². The van der Waals surface area contributed by atoms with Crippen LogP contribution in [0.4, 0.5) is 0 Å². The van der Waals surface area contributed by atoms with Crippen molar-refractivity contribution in [3.63, 3.8) is 0 Å². The molecule has 0 rings (SSSR count). The summed E-state index contributed by atoms with van der Waals surface area (Å²) in [6.45, 7) is 6.05. The first-order chi connectivity index (χ1) is 7.11. The molecule has 0 aromatic carbocycles. The van der Waals surface area contributed by atoms with Gasteiger partial charge in [0, 0.05) is 6.92 Å². The van der Waals surface area contributed by atoms with E-state index in [0.717, 1.165) is 6.92 Å². The average molecular weight is 232 g/mol. The number of hydrogen-bond donors (Lipinski definition) is 1. The highest BCUT2D eigenvalue weighted by molar-refractivity contribution is 5.83. The summed E-state index contributed by atoms with van der Waals surface area (Å²) in [4.78, 5) is 32.5. The topological polar surface area (TPSA) is 89.9 Å². The van der Waals surface area contributed by atoms with E-state index in [1.807, 2.05) is 0 Å². The molecular weight excluding hydrogens is 216 g/mol. The molecule has 0 aliphatic heterocycles. The molecule has 0 heterocycles. The van der Waals surface area contributed by atoms with Gasteiger partial charge in [-0.15, -0.1) is 0 Å². The van der Waals surface area contributed by atoms with Gasteiger partial charge < -0.3 is 14.6 Å². The van der Waals surface area contributed by atoms with Crippen LogP contribution in [-0.4, -0.2) is 34.7 Å². The molecule has 0 spiro atoms. The number of ether oxygens (including phenoxy) is 2. The molecule has 6 nitrogen and oxygen atoms in total. The van der Waals surface area contributed by atoms with Gasteiger partial charge in [-0.25, -0.2) is 4.79 Å². The Kier molecular flexibility index (Phi) is 4.94. The molecule has 0 radical (unpaired) electrons. The summed E-state index contributed by atoms with van der Waals surface area (Å²) < 4.78 is 9.36. The Morgan fingerprint density at radius 1 is 1.25 bits per heavy atom. The van der Waals surface area contributed by atoms with Crippen LogP contribution in [0.5, 0.6) is 0 Å². The van der Waals surface area contributed by atoms with Gasteiger partial charge in [-0.05, 0) is 20.8 Å². The van der Waals surface area contributed by atoms with Gasteiger partial charge in [0.15, 0.2) is 0 Å². The second-order valence-electron chi connectivity index (χ2n) is 4.23. The van der Waals surface area contributed by atoms with Crippen molar-refractivity contribution >= 4 is 17.9 Å². The van der Waals surface area contributed by atoms with E-state index in [-0.39, 0.29) is 0 Å². The molecule has 1 atom stereocenters. The van der Waals surface area contributed by atoms with Crippen LogP contribution in [0, 0.1) is 0 Å². The van der Waals surface area contributed by atoms with Crippen molar-refractivity contribution < 1.29 is 29.0 Å². The predicted octanol–water partition coefficient (Wildman–Crippen LogP) is 0.734. The van der Waals surface area contributed by atoms with Crippen molar-refractivity contribution in [3.8, 4) is 0 Å². The maximum atomic E-state index is 11.3. The highest BCUT2D eigenvalue weighted by Gasteiger charge is 2.27. The second-order valence-corrected chi connectivity index (χ2v) is 4.23. The summed E-state index contributed by atoms with van der Waals surface area (Å²) in [5.74, 6) is -2.85. The molecule has 0 aliphatic rings. The summed E-state index contributed by atoms with van der Waals surface area (Å²) in [7, 11) is 0. The van der Waals surface area contributed by atoms with Gasteiger partial charge in [-0.1, -0.05) is 0 Å². The number of esters is 2. The molecule has 6 heteroatoms. The van der Waals surface area contributed by atoms with Crippen LogP contribution in [0.25, 0.3) is 0 Å². The number of carboxylic acid groups (broad SMARTS) is 1. The highest BCUT2D eigenvalue weighted by atomic mass is 16.6. The number of rotatable bonds is 4. The molecule has 0 aromatic rings. The predicted molar refractivity (Wildman–Crippen MR) is 53.7 cm³/mol. The molecule has 0 bridgehead atoms. The van der Waals surface area contributed by atoms with E-state index in [9.17, 15) is 14.4 Å². The Bertz CT molecular complexity index is 288. The maximum Gasteiger partial charge on any atom is 0.345 e. The quantitative estimate of drug-likeness (QED) is 0.719. The first-order valence-electron chi connectivity index (χ1n) is 4.73. The average Bonchev–Trinajstić information content (AvgIpc) is 1.97. The van der Waals surface area contributed by atoms with Gasteiger partial charge in [0.1, 0.15) is 5.60 Å². The van der Waals surface area contributed by atoms with Gasteiger partial charge in [0.2, 0.25) is 6.10 Å². The van der Waals surface area contributed by atoms with Crippen molar-refractivity contribution in [3.05, 3.63) is 0 Å². The van der Waals surface area contributed by atoms with Gasteiger partial charge in [0.05, 0.1) is 6.42 Å². The molecule has 92 valence electrons. The Balaban J connectivity index is 4.35. The minimum Gasteiger partial charge on any atom is -0.478 e. The third-order valence-electron chi connectivity index (χ3n) is 1.36. The van der Waals surface area contributed by atoms with Crippen molar-refractivity contribution in [1.29, 1.82) is 0 Å². The van der Waals surface area contributed by atoms with E-state index in [1.54, 1.807) is 20.8 Å². The normalized spacial score (nSPS) is 12.8. The van der Waals surface area contributed by atoms with Crippen molar-refractivity contribution in [2.45, 2.75) is 45.8 Å². The largest absolute Gasteiger partial charge is 0.478 e. The fraction of sp³-hybridized carbons (Fsp3) is 0.700. The van der Waals surface area contributed by atoms with E-state index < -0.39 is 36.0 Å². The number of hydrogen-bond acceptors (Lipinski definition) is 5. The Morgan fingerprint density at radius 3 is 2.06 bits per heavy atom. The van der Waals surface area contributed by atoms with Crippen LogP contribution in [0.2, 0.25) is 0 Å². The highest BCUT2D eigenvalue weighted by Crippen LogP contribution is 2.10. The smallest absolute Gasteiger partial charge is 0.345 e. The van der Waals surface area contributed by atoms with Crippen LogP contribution in [0.3, 0.4) is 0 Å². The lowest BCUT2D eigenvalue weighted by Crippen LogP contribution is -2.32. The van der Waals surface area contributed by atoms with Gasteiger partial charge in [-0.3, -0.25) is 9.59 Å². The molecule has 0 saturated heterocycles. The minimum absolute atomic E-state index is 0.494. The Morgan fingerprint density at radius 2 is 1.75 bits per heavy atom. The lowest BCUT2D eigenvalue weighted by molar-refractivity contribution is -0.170. The molecule has 16 heavy (non-hydrogen) atoms. The first kappa shape index (κ1) is 14.4. The molecule has 1 N–H and O–H groups in total. The zero-order valence-corrected chi connectivity index (χ0v) is 9.77. The van der Waals surface area contributed by atoms with Crippen molar-refractivity contribution in [1.82, 2.24) is 0 Å². The van der Waals surface area contributed by atoms with Crippen LogP contribution < -0.4 is 0 Å². The minimum atomic E-state index is -1.49. The zero-order valence-electron chi connectivity index (χ0n) is 9.77. The standard InChI is InChI=1S/C10H16O6/c1-6(11)15-7(9(13)14)5-8(12)16-10(2,3)4/h7H,5H2,1-4H3,(H,13,14)/t7-/m1/s1. The van der Waals surface area contributed by atoms with Crippen LogP contribution in [-0.2, 0) is 23.9 Å². The maximum absolute atomic E-state index is 11.3.